The Morgan fingerprint density at radius 2 is 1.76 bits per heavy atom. The Bertz CT molecular complexity index is 727. The Labute approximate surface area is 145 Å². The quantitative estimate of drug-likeness (QED) is 0.906. The van der Waals surface area contributed by atoms with Crippen molar-refractivity contribution in [3.63, 3.8) is 0 Å². The Hall–Kier alpha value is -1.79. The monoisotopic (exact) mass is 343 g/mol. The molecule has 5 heterocycles. The predicted molar refractivity (Wildman–Crippen MR) is 86.1 cm³/mol. The van der Waals surface area contributed by atoms with Gasteiger partial charge in [0, 0.05) is 12.5 Å². The Morgan fingerprint density at radius 3 is 2.52 bits per heavy atom. The molecule has 0 radical (unpaired) electrons. The average Bonchev–Trinajstić information content (AvgIpc) is 3.43. The summed E-state index contributed by atoms with van der Waals surface area (Å²) in [6.07, 6.45) is 4.55. The van der Waals surface area contributed by atoms with Crippen molar-refractivity contribution in [2.75, 3.05) is 6.79 Å². The number of amides is 1. The summed E-state index contributed by atoms with van der Waals surface area (Å²) in [4.78, 5) is 13.3. The highest BCUT2D eigenvalue weighted by Gasteiger charge is 2.74. The highest BCUT2D eigenvalue weighted by molar-refractivity contribution is 5.86. The van der Waals surface area contributed by atoms with E-state index in [4.69, 9.17) is 18.9 Å². The van der Waals surface area contributed by atoms with Gasteiger partial charge in [0.05, 0.1) is 24.4 Å². The number of benzene rings is 1. The average molecular weight is 343 g/mol. The maximum atomic E-state index is 13.3. The van der Waals surface area contributed by atoms with Gasteiger partial charge in [0.1, 0.15) is 5.41 Å². The van der Waals surface area contributed by atoms with Gasteiger partial charge >= 0.3 is 0 Å². The van der Waals surface area contributed by atoms with Crippen molar-refractivity contribution in [2.45, 2.75) is 56.6 Å². The third-order valence-electron chi connectivity index (χ3n) is 6.81. The molecule has 25 heavy (non-hydrogen) atoms. The summed E-state index contributed by atoms with van der Waals surface area (Å²) in [6, 6.07) is 5.80. The first kappa shape index (κ1) is 14.4. The second-order valence-corrected chi connectivity index (χ2v) is 7.81. The summed E-state index contributed by atoms with van der Waals surface area (Å²) < 4.78 is 23.1. The van der Waals surface area contributed by atoms with Crippen molar-refractivity contribution in [1.82, 2.24) is 5.32 Å². The van der Waals surface area contributed by atoms with E-state index in [0.717, 1.165) is 42.7 Å². The zero-order valence-corrected chi connectivity index (χ0v) is 13.9. The first-order valence-corrected chi connectivity index (χ1v) is 9.24. The van der Waals surface area contributed by atoms with Crippen LogP contribution in [0, 0.1) is 11.3 Å². The SMILES string of the molecule is O=C(NCc1ccc2c(c1)OCO2)C12C([C@@H]3CC[C@H]1O3)[C@H]1CC[C@@H]2O1. The third kappa shape index (κ3) is 1.74. The highest BCUT2D eigenvalue weighted by atomic mass is 16.7. The molecule has 2 unspecified atom stereocenters. The maximum absolute atomic E-state index is 13.3. The van der Waals surface area contributed by atoms with Crippen LogP contribution in [-0.4, -0.2) is 37.1 Å². The van der Waals surface area contributed by atoms with Gasteiger partial charge in [0.15, 0.2) is 11.5 Å². The molecule has 4 fully saturated rings. The smallest absolute Gasteiger partial charge is 0.232 e. The van der Waals surface area contributed by atoms with Gasteiger partial charge in [-0.25, -0.2) is 0 Å². The van der Waals surface area contributed by atoms with Gasteiger partial charge in [0.2, 0.25) is 12.7 Å². The molecule has 1 aromatic carbocycles. The van der Waals surface area contributed by atoms with Gasteiger partial charge in [-0.15, -0.1) is 0 Å². The summed E-state index contributed by atoms with van der Waals surface area (Å²) in [5.41, 5.74) is 0.543. The molecule has 1 aromatic rings. The Morgan fingerprint density at radius 1 is 1.04 bits per heavy atom. The van der Waals surface area contributed by atoms with E-state index in [-0.39, 0.29) is 43.0 Å². The normalized spacial score (nSPS) is 42.0. The van der Waals surface area contributed by atoms with Gasteiger partial charge in [-0.3, -0.25) is 4.79 Å². The van der Waals surface area contributed by atoms with Crippen molar-refractivity contribution in [2.24, 2.45) is 11.3 Å². The van der Waals surface area contributed by atoms with Crippen molar-refractivity contribution in [3.8, 4) is 11.5 Å². The van der Waals surface area contributed by atoms with Gasteiger partial charge in [-0.2, -0.15) is 0 Å². The van der Waals surface area contributed by atoms with Crippen LogP contribution in [0.4, 0.5) is 0 Å². The molecule has 4 saturated heterocycles. The first-order valence-electron chi connectivity index (χ1n) is 9.24. The van der Waals surface area contributed by atoms with Crippen molar-refractivity contribution in [3.05, 3.63) is 23.8 Å². The summed E-state index contributed by atoms with van der Waals surface area (Å²) in [7, 11) is 0. The standard InChI is InChI=1S/C19H21NO5/c21-18(20-8-10-1-2-11-14(7-10)23-9-22-11)19-15-5-3-12(24-15)17(19)13-4-6-16(19)25-13/h1-2,7,12-13,15-17H,3-6,8-9H2,(H,20,21)/t12-,13+,15+,16-,17?,19?. The van der Waals surface area contributed by atoms with Crippen LogP contribution in [0.1, 0.15) is 31.2 Å². The molecule has 0 aliphatic carbocycles. The van der Waals surface area contributed by atoms with E-state index >= 15 is 0 Å². The lowest BCUT2D eigenvalue weighted by molar-refractivity contribution is -0.140. The number of rotatable bonds is 3. The first-order chi connectivity index (χ1) is 12.3. The molecule has 6 atom stereocenters. The lowest BCUT2D eigenvalue weighted by Crippen LogP contribution is -2.57. The van der Waals surface area contributed by atoms with Gasteiger partial charge in [-0.05, 0) is 43.4 Å². The lowest BCUT2D eigenvalue weighted by atomic mass is 9.59. The number of nitrogens with one attached hydrogen (secondary N) is 1. The molecule has 0 saturated carbocycles. The Kier molecular flexibility index (Phi) is 2.81. The summed E-state index contributed by atoms with van der Waals surface area (Å²) in [5, 5.41) is 3.17. The molecular formula is C19H21NO5. The van der Waals surface area contributed by atoms with Crippen molar-refractivity contribution >= 4 is 5.91 Å². The Balaban J connectivity index is 1.25. The van der Waals surface area contributed by atoms with Crippen LogP contribution in [0.25, 0.3) is 0 Å². The van der Waals surface area contributed by atoms with E-state index in [0.29, 0.717) is 6.54 Å². The van der Waals surface area contributed by atoms with E-state index in [1.54, 1.807) is 0 Å². The van der Waals surface area contributed by atoms with Crippen LogP contribution in [0.5, 0.6) is 11.5 Å². The summed E-state index contributed by atoms with van der Waals surface area (Å²) >= 11 is 0. The number of hydrogen-bond donors (Lipinski definition) is 1. The molecule has 0 spiro atoms. The summed E-state index contributed by atoms with van der Waals surface area (Å²) in [6.45, 7) is 0.746. The number of fused-ring (bicyclic) bond motifs is 10. The number of carbonyl (C=O) groups is 1. The molecule has 5 aliphatic heterocycles. The molecule has 1 amide bonds. The number of ether oxygens (including phenoxy) is 4. The van der Waals surface area contributed by atoms with Crippen molar-refractivity contribution in [1.29, 1.82) is 0 Å². The highest BCUT2D eigenvalue weighted by Crippen LogP contribution is 2.64. The molecule has 132 valence electrons. The molecule has 4 bridgehead atoms. The molecule has 6 heteroatoms. The third-order valence-corrected chi connectivity index (χ3v) is 6.81. The van der Waals surface area contributed by atoms with E-state index < -0.39 is 5.41 Å². The number of hydrogen-bond acceptors (Lipinski definition) is 5. The topological polar surface area (TPSA) is 66.0 Å². The van der Waals surface area contributed by atoms with Crippen molar-refractivity contribution < 1.29 is 23.7 Å². The zero-order valence-electron chi connectivity index (χ0n) is 13.9. The molecule has 6 nitrogen and oxygen atoms in total. The molecule has 1 N–H and O–H groups in total. The van der Waals surface area contributed by atoms with Gasteiger partial charge < -0.3 is 24.3 Å². The van der Waals surface area contributed by atoms with E-state index in [9.17, 15) is 4.79 Å². The fraction of sp³-hybridized carbons (Fsp3) is 0.632. The minimum absolute atomic E-state index is 0.0227. The van der Waals surface area contributed by atoms with Gasteiger partial charge in [0.25, 0.3) is 0 Å². The van der Waals surface area contributed by atoms with Crippen LogP contribution in [0.2, 0.25) is 0 Å². The minimum Gasteiger partial charge on any atom is -0.454 e. The molecular weight excluding hydrogens is 322 g/mol. The van der Waals surface area contributed by atoms with E-state index in [1.807, 2.05) is 18.2 Å². The van der Waals surface area contributed by atoms with Crippen LogP contribution < -0.4 is 14.8 Å². The second-order valence-electron chi connectivity index (χ2n) is 7.81. The van der Waals surface area contributed by atoms with Crippen LogP contribution in [-0.2, 0) is 20.8 Å². The van der Waals surface area contributed by atoms with E-state index in [2.05, 4.69) is 5.32 Å². The second kappa shape index (κ2) is 4.89. The van der Waals surface area contributed by atoms with Crippen LogP contribution >= 0.6 is 0 Å². The predicted octanol–water partition coefficient (Wildman–Crippen LogP) is 1.76. The molecule has 5 aliphatic rings. The fourth-order valence-corrected chi connectivity index (χ4v) is 5.88. The largest absolute Gasteiger partial charge is 0.454 e. The van der Waals surface area contributed by atoms with E-state index in [1.165, 1.54) is 0 Å². The lowest BCUT2D eigenvalue weighted by Gasteiger charge is -2.40. The molecule has 6 rings (SSSR count). The zero-order chi connectivity index (χ0) is 16.6. The fourth-order valence-electron chi connectivity index (χ4n) is 5.88. The van der Waals surface area contributed by atoms with Crippen LogP contribution in [0.3, 0.4) is 0 Å². The van der Waals surface area contributed by atoms with Crippen LogP contribution in [0.15, 0.2) is 18.2 Å². The number of carbonyl (C=O) groups excluding carboxylic acids is 1. The molecule has 0 aromatic heterocycles. The minimum atomic E-state index is -0.470. The summed E-state index contributed by atoms with van der Waals surface area (Å²) in [5.74, 6) is 1.85. The maximum Gasteiger partial charge on any atom is 0.232 e. The van der Waals surface area contributed by atoms with Gasteiger partial charge in [-0.1, -0.05) is 6.07 Å².